The van der Waals surface area contributed by atoms with E-state index in [-0.39, 0.29) is 36.5 Å². The molecule has 0 fully saturated rings. The molecule has 0 radical (unpaired) electrons. The van der Waals surface area contributed by atoms with Crippen molar-refractivity contribution in [2.45, 2.75) is 6.92 Å². The number of hydrogen-bond donors (Lipinski definition) is 6. The zero-order valence-corrected chi connectivity index (χ0v) is 12.3. The average Bonchev–Trinajstić information content (AvgIpc) is 2.54. The van der Waals surface area contributed by atoms with Gasteiger partial charge in [0.1, 0.15) is 0 Å². The van der Waals surface area contributed by atoms with E-state index in [0.717, 1.165) is 18.2 Å². The van der Waals surface area contributed by atoms with Crippen molar-refractivity contribution in [1.82, 2.24) is 0 Å². The summed E-state index contributed by atoms with van der Waals surface area (Å²) in [4.78, 5) is 31.7. The molecule has 0 bridgehead atoms. The molecule has 0 aliphatic rings. The van der Waals surface area contributed by atoms with E-state index in [0.29, 0.717) is 0 Å². The van der Waals surface area contributed by atoms with Crippen LogP contribution >= 0.6 is 0 Å². The molecular weight excluding hydrogens is 312 g/mol. The van der Waals surface area contributed by atoms with Crippen molar-refractivity contribution in [3.05, 3.63) is 34.9 Å². The summed E-state index contributed by atoms with van der Waals surface area (Å²) in [5.41, 5.74) is -1.81. The van der Waals surface area contributed by atoms with Crippen LogP contribution in [0.4, 0.5) is 0 Å². The van der Waals surface area contributed by atoms with Crippen LogP contribution in [0.3, 0.4) is 0 Å². The van der Waals surface area contributed by atoms with E-state index in [2.05, 4.69) is 0 Å². The fourth-order valence-corrected chi connectivity index (χ4v) is 1.15. The third-order valence-electron chi connectivity index (χ3n) is 2.82. The van der Waals surface area contributed by atoms with Crippen molar-refractivity contribution >= 4 is 17.9 Å². The Labute approximate surface area is 131 Å². The number of carboxylic acids is 3. The number of aliphatic hydroxyl groups is 3. The van der Waals surface area contributed by atoms with Crippen LogP contribution < -0.4 is 0 Å². The predicted octanol–water partition coefficient (Wildman–Crippen LogP) is -0.249. The van der Waals surface area contributed by atoms with Gasteiger partial charge in [0, 0.05) is 5.41 Å². The van der Waals surface area contributed by atoms with Gasteiger partial charge in [0.15, 0.2) is 0 Å². The number of aromatic carboxylic acids is 3. The molecule has 9 nitrogen and oxygen atoms in total. The standard InChI is InChI=1S/C9H6O6.C5H12O3/c10-7(11)4-1-5(8(12)13)3-6(2-4)9(14)15;1-5(2-6,3-7)4-8/h1-3H,(H,10,11)(H,12,13)(H,14,15);6-8H,2-4H2,1H3. The van der Waals surface area contributed by atoms with Gasteiger partial charge in [-0.05, 0) is 18.2 Å². The molecule has 0 heterocycles. The van der Waals surface area contributed by atoms with Crippen LogP contribution in [0.2, 0.25) is 0 Å². The summed E-state index contributed by atoms with van der Waals surface area (Å²) < 4.78 is 0. The number of hydrogen-bond acceptors (Lipinski definition) is 6. The molecule has 0 atom stereocenters. The van der Waals surface area contributed by atoms with Crippen LogP contribution in [0, 0.1) is 5.41 Å². The quantitative estimate of drug-likeness (QED) is 0.411. The normalized spacial score (nSPS) is 10.4. The number of benzene rings is 1. The predicted molar refractivity (Wildman–Crippen MR) is 76.7 cm³/mol. The molecule has 0 saturated carbocycles. The highest BCUT2D eigenvalue weighted by atomic mass is 16.4. The number of carbonyl (C=O) groups is 3. The monoisotopic (exact) mass is 330 g/mol. The Bertz CT molecular complexity index is 488. The van der Waals surface area contributed by atoms with E-state index in [9.17, 15) is 14.4 Å². The first-order valence-corrected chi connectivity index (χ1v) is 6.27. The molecule has 0 unspecified atom stereocenters. The van der Waals surface area contributed by atoms with Gasteiger partial charge in [-0.25, -0.2) is 14.4 Å². The SMILES string of the molecule is CC(CO)(CO)CO.O=C(O)c1cc(C(=O)O)cc(C(=O)O)c1. The van der Waals surface area contributed by atoms with Crippen LogP contribution in [0.25, 0.3) is 0 Å². The second kappa shape index (κ2) is 8.83. The van der Waals surface area contributed by atoms with E-state index in [1.54, 1.807) is 6.92 Å². The average molecular weight is 330 g/mol. The lowest BCUT2D eigenvalue weighted by Crippen LogP contribution is -2.29. The highest BCUT2D eigenvalue weighted by Gasteiger charge is 2.20. The van der Waals surface area contributed by atoms with Crippen molar-refractivity contribution < 1.29 is 45.0 Å². The minimum absolute atomic E-state index is 0.181. The Morgan fingerprint density at radius 2 is 0.957 bits per heavy atom. The first-order valence-electron chi connectivity index (χ1n) is 6.27. The van der Waals surface area contributed by atoms with Crippen molar-refractivity contribution in [3.63, 3.8) is 0 Å². The molecule has 0 aliphatic carbocycles. The highest BCUT2D eigenvalue weighted by Crippen LogP contribution is 2.11. The molecule has 0 spiro atoms. The fourth-order valence-electron chi connectivity index (χ4n) is 1.15. The summed E-state index contributed by atoms with van der Waals surface area (Å²) in [7, 11) is 0. The summed E-state index contributed by atoms with van der Waals surface area (Å²) in [6, 6.07) is 2.70. The Balaban J connectivity index is 0.000000515. The maximum Gasteiger partial charge on any atom is 0.335 e. The molecule has 1 rings (SSSR count). The Morgan fingerprint density at radius 1 is 0.739 bits per heavy atom. The van der Waals surface area contributed by atoms with Gasteiger partial charge in [0.2, 0.25) is 0 Å². The number of aliphatic hydroxyl groups excluding tert-OH is 3. The van der Waals surface area contributed by atoms with E-state index in [4.69, 9.17) is 30.6 Å². The fraction of sp³-hybridized carbons (Fsp3) is 0.357. The van der Waals surface area contributed by atoms with Gasteiger partial charge in [-0.15, -0.1) is 0 Å². The van der Waals surface area contributed by atoms with E-state index < -0.39 is 23.3 Å². The Morgan fingerprint density at radius 3 is 1.04 bits per heavy atom. The molecule has 9 heteroatoms. The van der Waals surface area contributed by atoms with Gasteiger partial charge in [-0.1, -0.05) is 6.92 Å². The lowest BCUT2D eigenvalue weighted by Gasteiger charge is -2.20. The van der Waals surface area contributed by atoms with Crippen molar-refractivity contribution in [2.75, 3.05) is 19.8 Å². The van der Waals surface area contributed by atoms with Gasteiger partial charge in [-0.2, -0.15) is 0 Å². The smallest absolute Gasteiger partial charge is 0.335 e. The largest absolute Gasteiger partial charge is 0.478 e. The van der Waals surface area contributed by atoms with Gasteiger partial charge in [0.25, 0.3) is 0 Å². The van der Waals surface area contributed by atoms with Crippen LogP contribution in [0.5, 0.6) is 0 Å². The van der Waals surface area contributed by atoms with E-state index in [1.807, 2.05) is 0 Å². The second-order valence-electron chi connectivity index (χ2n) is 5.00. The summed E-state index contributed by atoms with van der Waals surface area (Å²) in [6.07, 6.45) is 0. The van der Waals surface area contributed by atoms with Crippen LogP contribution in [-0.2, 0) is 0 Å². The topological polar surface area (TPSA) is 173 Å². The van der Waals surface area contributed by atoms with Crippen LogP contribution in [0.1, 0.15) is 38.0 Å². The van der Waals surface area contributed by atoms with E-state index in [1.165, 1.54) is 0 Å². The highest BCUT2D eigenvalue weighted by molar-refractivity contribution is 5.98. The first kappa shape index (κ1) is 20.5. The molecule has 1 aromatic carbocycles. The molecule has 23 heavy (non-hydrogen) atoms. The van der Waals surface area contributed by atoms with E-state index >= 15 is 0 Å². The van der Waals surface area contributed by atoms with Crippen LogP contribution in [0.15, 0.2) is 18.2 Å². The maximum atomic E-state index is 10.6. The molecule has 0 aliphatic heterocycles. The third kappa shape index (κ3) is 6.43. The molecule has 128 valence electrons. The summed E-state index contributed by atoms with van der Waals surface area (Å²) >= 11 is 0. The third-order valence-corrected chi connectivity index (χ3v) is 2.82. The van der Waals surface area contributed by atoms with Gasteiger partial charge in [0.05, 0.1) is 36.5 Å². The molecule has 6 N–H and O–H groups in total. The lowest BCUT2D eigenvalue weighted by molar-refractivity contribution is 0.0200. The first-order chi connectivity index (χ1) is 10.6. The minimum atomic E-state index is -1.37. The van der Waals surface area contributed by atoms with Crippen molar-refractivity contribution in [1.29, 1.82) is 0 Å². The summed E-state index contributed by atoms with van der Waals surface area (Å²) in [5.74, 6) is -4.12. The molecule has 0 aromatic heterocycles. The second-order valence-corrected chi connectivity index (χ2v) is 5.00. The lowest BCUT2D eigenvalue weighted by atomic mass is 9.95. The number of rotatable bonds is 6. The zero-order chi connectivity index (χ0) is 18.2. The molecule has 0 amide bonds. The van der Waals surface area contributed by atoms with Gasteiger partial charge >= 0.3 is 17.9 Å². The summed E-state index contributed by atoms with van der Waals surface area (Å²) in [6.45, 7) is 1.06. The minimum Gasteiger partial charge on any atom is -0.478 e. The van der Waals surface area contributed by atoms with Gasteiger partial charge in [-0.3, -0.25) is 0 Å². The van der Waals surface area contributed by atoms with Crippen molar-refractivity contribution in [3.8, 4) is 0 Å². The Hall–Kier alpha value is -2.49. The zero-order valence-electron chi connectivity index (χ0n) is 12.3. The molecular formula is C14H18O9. The number of carboxylic acid groups (broad SMARTS) is 3. The van der Waals surface area contributed by atoms with Crippen molar-refractivity contribution in [2.24, 2.45) is 5.41 Å². The van der Waals surface area contributed by atoms with Crippen LogP contribution in [-0.4, -0.2) is 68.4 Å². The van der Waals surface area contributed by atoms with Gasteiger partial charge < -0.3 is 30.6 Å². The summed E-state index contributed by atoms with van der Waals surface area (Å²) in [5, 5.41) is 51.2. The Kier molecular flexibility index (Phi) is 7.88. The molecule has 0 saturated heterocycles. The maximum absolute atomic E-state index is 10.6. The molecule has 1 aromatic rings.